The lowest BCUT2D eigenvalue weighted by Crippen LogP contribution is -2.04. The van der Waals surface area contributed by atoms with E-state index in [2.05, 4.69) is 118 Å². The summed E-state index contributed by atoms with van der Waals surface area (Å²) in [5.74, 6) is 1.45. The fourth-order valence-electron chi connectivity index (χ4n) is 8.21. The Balaban J connectivity index is 1.22. The number of hydrogen-bond donors (Lipinski definition) is 0. The van der Waals surface area contributed by atoms with Crippen LogP contribution >= 0.6 is 0 Å². The van der Waals surface area contributed by atoms with Gasteiger partial charge in [0.15, 0.2) is 17.5 Å². The van der Waals surface area contributed by atoms with E-state index in [4.69, 9.17) is 15.0 Å². The molecule has 0 radical (unpaired) electrons. The predicted octanol–water partition coefficient (Wildman–Crippen LogP) is 12.9. The Kier molecular flexibility index (Phi) is 7.60. The molecule has 11 aromatic rings. The van der Waals surface area contributed by atoms with E-state index < -0.39 is 0 Å². The third kappa shape index (κ3) is 5.49. The van der Waals surface area contributed by atoms with Crippen molar-refractivity contribution in [3.8, 4) is 56.7 Å². The van der Waals surface area contributed by atoms with Crippen molar-refractivity contribution in [1.29, 1.82) is 0 Å². The molecule has 6 heteroatoms. The third-order valence-corrected chi connectivity index (χ3v) is 10.9. The van der Waals surface area contributed by atoms with E-state index in [9.17, 15) is 4.39 Å². The Labute approximate surface area is 327 Å². The summed E-state index contributed by atoms with van der Waals surface area (Å²) < 4.78 is 18.9. The van der Waals surface area contributed by atoms with E-state index in [0.29, 0.717) is 17.5 Å². The summed E-state index contributed by atoms with van der Waals surface area (Å²) in [5.41, 5.74) is 10.8. The lowest BCUT2D eigenvalue weighted by atomic mass is 10.0. The second kappa shape index (κ2) is 13.3. The Morgan fingerprint density at radius 3 is 1.39 bits per heavy atom. The molecule has 0 fully saturated rings. The first-order valence-corrected chi connectivity index (χ1v) is 19.0. The van der Waals surface area contributed by atoms with E-state index in [1.54, 1.807) is 0 Å². The summed E-state index contributed by atoms with van der Waals surface area (Å²) in [4.78, 5) is 15.4. The molecule has 0 bridgehead atoms. The van der Waals surface area contributed by atoms with Crippen LogP contribution in [0.1, 0.15) is 0 Å². The van der Waals surface area contributed by atoms with Crippen LogP contribution in [0.2, 0.25) is 0 Å². The van der Waals surface area contributed by atoms with Gasteiger partial charge >= 0.3 is 0 Å². The second-order valence-electron chi connectivity index (χ2n) is 14.2. The first kappa shape index (κ1) is 32.7. The van der Waals surface area contributed by atoms with E-state index in [-0.39, 0.29) is 5.82 Å². The number of halogens is 1. The van der Waals surface area contributed by atoms with Gasteiger partial charge in [0.25, 0.3) is 0 Å². The Bertz CT molecular complexity index is 3180. The molecule has 0 saturated carbocycles. The molecular formula is C51H32FN5. The van der Waals surface area contributed by atoms with Crippen LogP contribution < -0.4 is 0 Å². The fraction of sp³-hybridized carbons (Fsp3) is 0. The SMILES string of the molecule is Fc1ccc(-c2ccc(-c3nc(-c4ccccc4)nc(-c4ccccc4)n3)c(-n3c4ccccc4c4ccc(-n5c6ccccc6c6ccccc65)cc43)c2)cc1. The van der Waals surface area contributed by atoms with Gasteiger partial charge in [0.1, 0.15) is 5.82 Å². The van der Waals surface area contributed by atoms with Crippen LogP contribution in [0.3, 0.4) is 0 Å². The van der Waals surface area contributed by atoms with E-state index in [1.165, 1.54) is 22.9 Å². The quantitative estimate of drug-likeness (QED) is 0.171. The van der Waals surface area contributed by atoms with Crippen molar-refractivity contribution in [2.24, 2.45) is 0 Å². The van der Waals surface area contributed by atoms with Crippen molar-refractivity contribution in [1.82, 2.24) is 24.1 Å². The van der Waals surface area contributed by atoms with Gasteiger partial charge in [0.05, 0.1) is 27.8 Å². The number of fused-ring (bicyclic) bond motifs is 6. The molecule has 57 heavy (non-hydrogen) atoms. The minimum atomic E-state index is -0.275. The summed E-state index contributed by atoms with van der Waals surface area (Å²) in [7, 11) is 0. The Morgan fingerprint density at radius 2 is 0.807 bits per heavy atom. The molecule has 5 nitrogen and oxygen atoms in total. The van der Waals surface area contributed by atoms with Crippen LogP contribution in [0.25, 0.3) is 100 Å². The van der Waals surface area contributed by atoms with Crippen molar-refractivity contribution < 1.29 is 4.39 Å². The largest absolute Gasteiger partial charge is 0.309 e. The topological polar surface area (TPSA) is 48.5 Å². The zero-order valence-corrected chi connectivity index (χ0v) is 30.6. The average molecular weight is 734 g/mol. The minimum Gasteiger partial charge on any atom is -0.309 e. The predicted molar refractivity (Wildman–Crippen MR) is 230 cm³/mol. The molecule has 268 valence electrons. The van der Waals surface area contributed by atoms with Gasteiger partial charge in [-0.05, 0) is 65.7 Å². The standard InChI is InChI=1S/C51H32FN5/c52-37-26-23-33(24-27-37)36-25-29-43(51-54-49(34-13-3-1-4-14-34)53-50(55-51)35-15-5-2-6-16-35)47(31-36)57-46-22-12-9-19-41(46)42-30-28-38(32-48(42)57)56-44-20-10-7-17-39(44)40-18-8-11-21-45(40)56/h1-32H. The van der Waals surface area contributed by atoms with Crippen molar-refractivity contribution in [3.05, 3.63) is 200 Å². The summed E-state index contributed by atoms with van der Waals surface area (Å²) in [6, 6.07) is 65.5. The second-order valence-corrected chi connectivity index (χ2v) is 14.2. The number of benzene rings is 8. The molecule has 0 aliphatic carbocycles. The molecule has 0 spiro atoms. The first-order valence-electron chi connectivity index (χ1n) is 19.0. The van der Waals surface area contributed by atoms with Crippen LogP contribution in [0.5, 0.6) is 0 Å². The zero-order valence-electron chi connectivity index (χ0n) is 30.6. The van der Waals surface area contributed by atoms with Gasteiger partial charge in [0, 0.05) is 43.9 Å². The molecule has 0 saturated heterocycles. The molecule has 0 atom stereocenters. The lowest BCUT2D eigenvalue weighted by molar-refractivity contribution is 0.628. The van der Waals surface area contributed by atoms with Crippen LogP contribution in [-0.2, 0) is 0 Å². The monoisotopic (exact) mass is 733 g/mol. The summed E-state index contributed by atoms with van der Waals surface area (Å²) in [6.45, 7) is 0. The maximum Gasteiger partial charge on any atom is 0.166 e. The molecule has 0 unspecified atom stereocenters. The van der Waals surface area contributed by atoms with E-state index in [0.717, 1.165) is 72.0 Å². The number of para-hydroxylation sites is 3. The Hall–Kier alpha value is -7.70. The van der Waals surface area contributed by atoms with Crippen molar-refractivity contribution in [2.45, 2.75) is 0 Å². The molecule has 0 amide bonds. The van der Waals surface area contributed by atoms with E-state index >= 15 is 0 Å². The highest BCUT2D eigenvalue weighted by Gasteiger charge is 2.21. The molecule has 0 aliphatic rings. The minimum absolute atomic E-state index is 0.275. The van der Waals surface area contributed by atoms with Gasteiger partial charge in [-0.25, -0.2) is 19.3 Å². The first-order chi connectivity index (χ1) is 28.2. The molecule has 11 rings (SSSR count). The normalized spacial score (nSPS) is 11.6. The van der Waals surface area contributed by atoms with Gasteiger partial charge in [-0.3, -0.25) is 0 Å². The fourth-order valence-corrected chi connectivity index (χ4v) is 8.21. The molecule has 0 N–H and O–H groups in total. The van der Waals surface area contributed by atoms with Crippen LogP contribution in [-0.4, -0.2) is 24.1 Å². The van der Waals surface area contributed by atoms with Crippen molar-refractivity contribution >= 4 is 43.6 Å². The van der Waals surface area contributed by atoms with Gasteiger partial charge < -0.3 is 9.13 Å². The summed E-state index contributed by atoms with van der Waals surface area (Å²) in [6.07, 6.45) is 0. The van der Waals surface area contributed by atoms with Crippen molar-refractivity contribution in [3.63, 3.8) is 0 Å². The maximum atomic E-state index is 14.2. The smallest absolute Gasteiger partial charge is 0.166 e. The van der Waals surface area contributed by atoms with Gasteiger partial charge in [0.2, 0.25) is 0 Å². The number of rotatable bonds is 6. The highest BCUT2D eigenvalue weighted by molar-refractivity contribution is 6.12. The molecule has 8 aromatic carbocycles. The molecular weight excluding hydrogens is 702 g/mol. The van der Waals surface area contributed by atoms with Gasteiger partial charge in [-0.1, -0.05) is 140 Å². The average Bonchev–Trinajstić information content (AvgIpc) is 3.79. The number of aromatic nitrogens is 5. The summed E-state index contributed by atoms with van der Waals surface area (Å²) >= 11 is 0. The summed E-state index contributed by atoms with van der Waals surface area (Å²) in [5, 5.41) is 4.67. The molecule has 3 aromatic heterocycles. The van der Waals surface area contributed by atoms with Crippen LogP contribution in [0, 0.1) is 5.82 Å². The van der Waals surface area contributed by atoms with Gasteiger partial charge in [-0.15, -0.1) is 0 Å². The van der Waals surface area contributed by atoms with Crippen LogP contribution in [0.15, 0.2) is 194 Å². The number of hydrogen-bond acceptors (Lipinski definition) is 3. The molecule has 0 aliphatic heterocycles. The Morgan fingerprint density at radius 1 is 0.333 bits per heavy atom. The molecule has 3 heterocycles. The highest BCUT2D eigenvalue weighted by atomic mass is 19.1. The maximum absolute atomic E-state index is 14.2. The van der Waals surface area contributed by atoms with E-state index in [1.807, 2.05) is 72.8 Å². The lowest BCUT2D eigenvalue weighted by Gasteiger charge is -2.17. The highest BCUT2D eigenvalue weighted by Crippen LogP contribution is 2.40. The van der Waals surface area contributed by atoms with Crippen LogP contribution in [0.4, 0.5) is 4.39 Å². The van der Waals surface area contributed by atoms with Crippen molar-refractivity contribution in [2.75, 3.05) is 0 Å². The van der Waals surface area contributed by atoms with Gasteiger partial charge in [-0.2, -0.15) is 0 Å². The third-order valence-electron chi connectivity index (χ3n) is 10.9. The number of nitrogens with zero attached hydrogens (tertiary/aromatic N) is 5. The zero-order chi connectivity index (χ0) is 37.9.